The second kappa shape index (κ2) is 5.87. The van der Waals surface area contributed by atoms with Crippen LogP contribution in [-0.4, -0.2) is 32.9 Å². The number of aliphatic carboxylic acids is 1. The van der Waals surface area contributed by atoms with Gasteiger partial charge in [0.25, 0.3) is 0 Å². The molecule has 1 atom stereocenters. The Morgan fingerprint density at radius 2 is 2.42 bits per heavy atom. The van der Waals surface area contributed by atoms with Crippen LogP contribution >= 0.6 is 23.1 Å². The fourth-order valence-corrected chi connectivity index (χ4v) is 3.59. The van der Waals surface area contributed by atoms with E-state index in [-0.39, 0.29) is 32.7 Å². The first-order valence-electron chi connectivity index (χ1n) is 5.12. The van der Waals surface area contributed by atoms with Crippen molar-refractivity contribution in [2.75, 3.05) is 5.75 Å². The minimum absolute atomic E-state index is 0. The summed E-state index contributed by atoms with van der Waals surface area (Å²) < 4.78 is 2.56. The molecule has 0 amide bonds. The Balaban J connectivity index is 0.00000133. The minimum atomic E-state index is -0.887. The summed E-state index contributed by atoms with van der Waals surface area (Å²) in [5.41, 5.74) is 0.825. The number of pyridine rings is 1. The van der Waals surface area contributed by atoms with E-state index in [1.165, 1.54) is 23.1 Å². The van der Waals surface area contributed by atoms with Crippen LogP contribution in [0.1, 0.15) is 5.01 Å². The normalized spacial score (nSPS) is 18.1. The second-order valence-corrected chi connectivity index (χ2v) is 5.78. The third kappa shape index (κ3) is 2.99. The fourth-order valence-electron chi connectivity index (χ4n) is 1.57. The topological polar surface area (TPSA) is 66.4 Å². The predicted octanol–water partition coefficient (Wildman–Crippen LogP) is 0.968. The maximum Gasteiger partial charge on any atom is 0.329 e. The van der Waals surface area contributed by atoms with Gasteiger partial charge in [0, 0.05) is 48.7 Å². The SMILES string of the molecule is [CH2-][n+]1[c-]cc2sc(C3=NC(C(=O)O)CS3)nc2c1.[Y]. The van der Waals surface area contributed by atoms with Crippen molar-refractivity contribution in [3.8, 4) is 0 Å². The summed E-state index contributed by atoms with van der Waals surface area (Å²) >= 11 is 2.92. The number of carboxylic acid groups (broad SMARTS) is 1. The van der Waals surface area contributed by atoms with Gasteiger partial charge in [-0.15, -0.1) is 29.2 Å². The average Bonchev–Trinajstić information content (AvgIpc) is 2.93. The maximum atomic E-state index is 10.8. The Bertz CT molecular complexity index is 671. The van der Waals surface area contributed by atoms with Crippen LogP contribution in [0.2, 0.25) is 0 Å². The number of rotatable bonds is 2. The molecule has 3 rings (SSSR count). The smallest absolute Gasteiger partial charge is 0.329 e. The number of aromatic nitrogens is 2. The number of thioether (sulfide) groups is 1. The zero-order chi connectivity index (χ0) is 12.7. The Morgan fingerprint density at radius 1 is 1.63 bits per heavy atom. The van der Waals surface area contributed by atoms with Gasteiger partial charge in [0.05, 0.1) is 0 Å². The molecule has 8 heteroatoms. The van der Waals surface area contributed by atoms with Crippen molar-refractivity contribution in [2.45, 2.75) is 6.04 Å². The summed E-state index contributed by atoms with van der Waals surface area (Å²) in [4.78, 5) is 19.5. The van der Waals surface area contributed by atoms with Crippen molar-refractivity contribution in [1.82, 2.24) is 4.98 Å². The molecule has 0 saturated heterocycles. The van der Waals surface area contributed by atoms with Crippen LogP contribution in [0.3, 0.4) is 0 Å². The van der Waals surface area contributed by atoms with E-state index in [0.29, 0.717) is 10.8 Å². The Morgan fingerprint density at radius 3 is 3.11 bits per heavy atom. The molecule has 0 saturated carbocycles. The number of hydrogen-bond donors (Lipinski definition) is 1. The van der Waals surface area contributed by atoms with Crippen LogP contribution in [0, 0.1) is 13.2 Å². The quantitative estimate of drug-likeness (QED) is 0.635. The van der Waals surface area contributed by atoms with Gasteiger partial charge in [-0.05, 0) is 6.20 Å². The molecular weight excluding hydrogens is 359 g/mol. The molecule has 0 fully saturated rings. The first-order chi connectivity index (χ1) is 8.63. The maximum absolute atomic E-state index is 10.8. The average molecular weight is 367 g/mol. The number of carboxylic acids is 1. The largest absolute Gasteiger partial charge is 0.504 e. The molecule has 19 heavy (non-hydrogen) atoms. The number of thiazole rings is 1. The molecule has 0 aromatic carbocycles. The van der Waals surface area contributed by atoms with Crippen LogP contribution in [0.4, 0.5) is 0 Å². The van der Waals surface area contributed by atoms with Gasteiger partial charge in [0.15, 0.2) is 6.04 Å². The van der Waals surface area contributed by atoms with Gasteiger partial charge in [0.2, 0.25) is 0 Å². The molecule has 0 aliphatic carbocycles. The van der Waals surface area contributed by atoms with Crippen LogP contribution < -0.4 is 4.57 Å². The first-order valence-corrected chi connectivity index (χ1v) is 6.92. The van der Waals surface area contributed by atoms with E-state index in [2.05, 4.69) is 23.2 Å². The molecule has 2 aromatic heterocycles. The van der Waals surface area contributed by atoms with E-state index in [0.717, 1.165) is 15.2 Å². The molecular formula is C11H8N3O2S2Y-. The Kier molecular flexibility index (Phi) is 4.60. The minimum Gasteiger partial charge on any atom is -0.504 e. The van der Waals surface area contributed by atoms with Gasteiger partial charge in [0.1, 0.15) is 10.1 Å². The number of fused-ring (bicyclic) bond motifs is 1. The molecule has 0 spiro atoms. The molecule has 1 aliphatic rings. The van der Waals surface area contributed by atoms with E-state index in [9.17, 15) is 4.79 Å². The van der Waals surface area contributed by atoms with Crippen molar-refractivity contribution in [3.05, 3.63) is 30.5 Å². The zero-order valence-corrected chi connectivity index (χ0v) is 14.2. The van der Waals surface area contributed by atoms with Crippen molar-refractivity contribution < 1.29 is 47.2 Å². The molecule has 1 N–H and O–H groups in total. The summed E-state index contributed by atoms with van der Waals surface area (Å²) in [6.45, 7) is 0. The second-order valence-electron chi connectivity index (χ2n) is 3.74. The Labute approximate surface area is 143 Å². The van der Waals surface area contributed by atoms with Gasteiger partial charge in [-0.25, -0.2) is 4.79 Å². The van der Waals surface area contributed by atoms with Crippen LogP contribution in [0.15, 0.2) is 17.3 Å². The summed E-state index contributed by atoms with van der Waals surface area (Å²) in [5.74, 6) is -0.412. The van der Waals surface area contributed by atoms with Crippen molar-refractivity contribution in [2.24, 2.45) is 4.99 Å². The molecule has 1 unspecified atom stereocenters. The van der Waals surface area contributed by atoms with Gasteiger partial charge >= 0.3 is 5.97 Å². The van der Waals surface area contributed by atoms with Crippen molar-refractivity contribution in [1.29, 1.82) is 0 Å². The van der Waals surface area contributed by atoms with Gasteiger partial charge in [-0.2, -0.15) is 0 Å². The molecule has 95 valence electrons. The Hall–Kier alpha value is -0.496. The van der Waals surface area contributed by atoms with Crippen LogP contribution in [0.5, 0.6) is 0 Å². The van der Waals surface area contributed by atoms with E-state index in [1.807, 2.05) is 6.07 Å². The third-order valence-corrected chi connectivity index (χ3v) is 4.65. The van der Waals surface area contributed by atoms with E-state index in [4.69, 9.17) is 5.11 Å². The molecule has 1 radical (unpaired) electrons. The van der Waals surface area contributed by atoms with E-state index in [1.54, 1.807) is 10.8 Å². The van der Waals surface area contributed by atoms with Crippen molar-refractivity contribution in [3.63, 3.8) is 0 Å². The molecule has 2 aromatic rings. The van der Waals surface area contributed by atoms with Crippen molar-refractivity contribution >= 4 is 44.3 Å². The van der Waals surface area contributed by atoms with E-state index < -0.39 is 12.0 Å². The molecule has 1 aliphatic heterocycles. The molecule has 3 heterocycles. The third-order valence-electron chi connectivity index (χ3n) is 2.44. The zero-order valence-electron chi connectivity index (χ0n) is 9.74. The number of carbonyl (C=O) groups is 1. The van der Waals surface area contributed by atoms with Crippen LogP contribution in [0.25, 0.3) is 10.2 Å². The van der Waals surface area contributed by atoms with Crippen LogP contribution in [-0.2, 0) is 37.5 Å². The fraction of sp³-hybridized carbons (Fsp3) is 0.182. The number of nitrogens with zero attached hydrogens (tertiary/aromatic N) is 3. The number of hydrogen-bond acceptors (Lipinski definition) is 5. The monoisotopic (exact) mass is 367 g/mol. The summed E-state index contributed by atoms with van der Waals surface area (Å²) in [6, 6.07) is 1.17. The molecule has 5 nitrogen and oxygen atoms in total. The van der Waals surface area contributed by atoms with Gasteiger partial charge < -0.3 is 9.67 Å². The summed E-state index contributed by atoms with van der Waals surface area (Å²) in [5, 5.41) is 10.4. The standard InChI is InChI=1S/C11H8N3O2S2.Y/c1-14-3-2-8-6(4-14)12-10(18-8)9-13-7(5-17-9)11(15)16;/h2,4,7H,1,5H2,(H,15,16);/q-1;. The first kappa shape index (κ1) is 14.9. The van der Waals surface area contributed by atoms with Gasteiger partial charge in [-0.3, -0.25) is 9.98 Å². The predicted molar refractivity (Wildman–Crippen MR) is 69.8 cm³/mol. The summed E-state index contributed by atoms with van der Waals surface area (Å²) in [7, 11) is 3.73. The number of aliphatic imine (C=N–C) groups is 1. The molecule has 0 bridgehead atoms. The summed E-state index contributed by atoms with van der Waals surface area (Å²) in [6.07, 6.45) is 4.72. The van der Waals surface area contributed by atoms with E-state index >= 15 is 0 Å². The van der Waals surface area contributed by atoms with Gasteiger partial charge in [-0.1, -0.05) is 13.2 Å².